The van der Waals surface area contributed by atoms with E-state index in [-0.39, 0.29) is 5.91 Å². The van der Waals surface area contributed by atoms with Crippen LogP contribution in [0.15, 0.2) is 22.7 Å². The average Bonchev–Trinajstić information content (AvgIpc) is 3.12. The molecule has 0 bridgehead atoms. The first-order valence-corrected chi connectivity index (χ1v) is 8.42. The van der Waals surface area contributed by atoms with Gasteiger partial charge in [0.05, 0.1) is 17.0 Å². The molecule has 2 N–H and O–H groups in total. The molecule has 1 atom stereocenters. The lowest BCUT2D eigenvalue weighted by Gasteiger charge is -2.15. The zero-order valence-electron chi connectivity index (χ0n) is 14.3. The predicted molar refractivity (Wildman–Crippen MR) is 91.3 cm³/mol. The Morgan fingerprint density at radius 1 is 1.42 bits per heavy atom. The predicted octanol–water partition coefficient (Wildman–Crippen LogP) is 2.09. The molecular formula is C18H24N4O2. The molecule has 1 aliphatic heterocycles. The second-order valence-corrected chi connectivity index (χ2v) is 6.59. The summed E-state index contributed by atoms with van der Waals surface area (Å²) in [5.74, 6) is 1.15. The second-order valence-electron chi connectivity index (χ2n) is 6.59. The largest absolute Gasteiger partial charge is 0.370 e. The SMILES string of the molecule is Cc1noc(C)c1-c1cccc(C[C@H]2CCN(CCC(N)=O)C2)n1. The van der Waals surface area contributed by atoms with Gasteiger partial charge < -0.3 is 15.2 Å². The number of pyridine rings is 1. The topological polar surface area (TPSA) is 85.3 Å². The Hall–Kier alpha value is -2.21. The maximum atomic E-state index is 10.9. The van der Waals surface area contributed by atoms with E-state index in [2.05, 4.69) is 16.1 Å². The molecule has 0 unspecified atom stereocenters. The summed E-state index contributed by atoms with van der Waals surface area (Å²) < 4.78 is 5.25. The van der Waals surface area contributed by atoms with Crippen molar-refractivity contribution in [1.82, 2.24) is 15.0 Å². The molecule has 2 aromatic rings. The van der Waals surface area contributed by atoms with Gasteiger partial charge in [0.2, 0.25) is 5.91 Å². The van der Waals surface area contributed by atoms with Gasteiger partial charge in [0.25, 0.3) is 0 Å². The first-order valence-electron chi connectivity index (χ1n) is 8.42. The molecule has 1 fully saturated rings. The molecule has 1 aliphatic rings. The number of likely N-dealkylation sites (tertiary alicyclic amines) is 1. The van der Waals surface area contributed by atoms with Crippen molar-refractivity contribution in [3.8, 4) is 11.3 Å². The molecule has 2 aromatic heterocycles. The zero-order valence-corrected chi connectivity index (χ0v) is 14.3. The van der Waals surface area contributed by atoms with Crippen LogP contribution >= 0.6 is 0 Å². The van der Waals surface area contributed by atoms with E-state index in [4.69, 9.17) is 15.2 Å². The number of primary amides is 1. The number of hydrogen-bond donors (Lipinski definition) is 1. The standard InChI is InChI=1S/C18H24N4O2/c1-12-18(13(2)24-21-12)16-5-3-4-15(20-16)10-14-6-8-22(11-14)9-7-17(19)23/h3-5,14H,6-11H2,1-2H3,(H2,19,23)/t14-/m1/s1. The highest BCUT2D eigenvalue weighted by Gasteiger charge is 2.23. The first kappa shape index (κ1) is 16.6. The van der Waals surface area contributed by atoms with Crippen LogP contribution < -0.4 is 5.73 Å². The molecule has 0 saturated carbocycles. The van der Waals surface area contributed by atoms with E-state index in [1.54, 1.807) is 0 Å². The fourth-order valence-corrected chi connectivity index (χ4v) is 3.43. The van der Waals surface area contributed by atoms with Crippen molar-refractivity contribution in [3.05, 3.63) is 35.3 Å². The van der Waals surface area contributed by atoms with Crippen molar-refractivity contribution < 1.29 is 9.32 Å². The highest BCUT2D eigenvalue weighted by molar-refractivity contribution is 5.73. The molecule has 3 heterocycles. The van der Waals surface area contributed by atoms with Crippen molar-refractivity contribution in [2.45, 2.75) is 33.1 Å². The quantitative estimate of drug-likeness (QED) is 0.877. The summed E-state index contributed by atoms with van der Waals surface area (Å²) in [5, 5.41) is 4.01. The number of hydrogen-bond acceptors (Lipinski definition) is 5. The van der Waals surface area contributed by atoms with Crippen LogP contribution in [0.4, 0.5) is 0 Å². The highest BCUT2D eigenvalue weighted by Crippen LogP contribution is 2.26. The zero-order chi connectivity index (χ0) is 17.1. The lowest BCUT2D eigenvalue weighted by atomic mass is 10.0. The van der Waals surface area contributed by atoms with Gasteiger partial charge in [-0.25, -0.2) is 0 Å². The van der Waals surface area contributed by atoms with Crippen molar-refractivity contribution >= 4 is 5.91 Å². The van der Waals surface area contributed by atoms with Crippen LogP contribution in [0.2, 0.25) is 0 Å². The van der Waals surface area contributed by atoms with E-state index < -0.39 is 0 Å². The molecular weight excluding hydrogens is 304 g/mol. The summed E-state index contributed by atoms with van der Waals surface area (Å²) in [5.41, 5.74) is 9.11. The van der Waals surface area contributed by atoms with Gasteiger partial charge in [-0.3, -0.25) is 9.78 Å². The Bertz CT molecular complexity index is 706. The van der Waals surface area contributed by atoms with E-state index in [0.717, 1.165) is 60.9 Å². The Morgan fingerprint density at radius 2 is 2.25 bits per heavy atom. The van der Waals surface area contributed by atoms with Crippen molar-refractivity contribution in [3.63, 3.8) is 0 Å². The van der Waals surface area contributed by atoms with Gasteiger partial charge >= 0.3 is 0 Å². The number of aryl methyl sites for hydroxylation is 2. The van der Waals surface area contributed by atoms with E-state index in [1.165, 1.54) is 0 Å². The van der Waals surface area contributed by atoms with Crippen LogP contribution in [0.5, 0.6) is 0 Å². The van der Waals surface area contributed by atoms with Gasteiger partial charge in [-0.2, -0.15) is 0 Å². The van der Waals surface area contributed by atoms with Gasteiger partial charge in [-0.1, -0.05) is 11.2 Å². The smallest absolute Gasteiger partial charge is 0.218 e. The first-order chi connectivity index (χ1) is 11.5. The number of carbonyl (C=O) groups excluding carboxylic acids is 1. The molecule has 0 aliphatic carbocycles. The van der Waals surface area contributed by atoms with Crippen LogP contribution in [-0.2, 0) is 11.2 Å². The van der Waals surface area contributed by atoms with Gasteiger partial charge in [0.1, 0.15) is 5.76 Å². The van der Waals surface area contributed by atoms with Crippen LogP contribution in [0.25, 0.3) is 11.3 Å². The third kappa shape index (κ3) is 3.82. The third-order valence-electron chi connectivity index (χ3n) is 4.64. The van der Waals surface area contributed by atoms with Crippen molar-refractivity contribution in [2.75, 3.05) is 19.6 Å². The molecule has 1 amide bonds. The fourth-order valence-electron chi connectivity index (χ4n) is 3.43. The van der Waals surface area contributed by atoms with E-state index in [0.29, 0.717) is 12.3 Å². The summed E-state index contributed by atoms with van der Waals surface area (Å²) in [4.78, 5) is 18.0. The van der Waals surface area contributed by atoms with Crippen LogP contribution in [0.3, 0.4) is 0 Å². The normalized spacial score (nSPS) is 18.2. The Balaban J connectivity index is 1.65. The van der Waals surface area contributed by atoms with Crippen molar-refractivity contribution in [1.29, 1.82) is 0 Å². The van der Waals surface area contributed by atoms with Gasteiger partial charge in [0, 0.05) is 25.2 Å². The minimum Gasteiger partial charge on any atom is -0.370 e. The molecule has 0 radical (unpaired) electrons. The number of nitrogens with two attached hydrogens (primary N) is 1. The number of rotatable bonds is 6. The van der Waals surface area contributed by atoms with Gasteiger partial charge in [0.15, 0.2) is 0 Å². The van der Waals surface area contributed by atoms with Crippen LogP contribution in [0.1, 0.15) is 30.0 Å². The summed E-state index contributed by atoms with van der Waals surface area (Å²) >= 11 is 0. The van der Waals surface area contributed by atoms with Gasteiger partial charge in [-0.15, -0.1) is 0 Å². The third-order valence-corrected chi connectivity index (χ3v) is 4.64. The van der Waals surface area contributed by atoms with E-state index in [1.807, 2.05) is 26.0 Å². The molecule has 24 heavy (non-hydrogen) atoms. The molecule has 6 nitrogen and oxygen atoms in total. The van der Waals surface area contributed by atoms with Gasteiger partial charge in [-0.05, 0) is 51.3 Å². The van der Waals surface area contributed by atoms with Crippen molar-refractivity contribution in [2.24, 2.45) is 11.7 Å². The molecule has 0 aromatic carbocycles. The monoisotopic (exact) mass is 328 g/mol. The summed E-state index contributed by atoms with van der Waals surface area (Å²) in [6, 6.07) is 6.13. The Labute approximate surface area is 142 Å². The maximum absolute atomic E-state index is 10.9. The average molecular weight is 328 g/mol. The van der Waals surface area contributed by atoms with Crippen LogP contribution in [0, 0.1) is 19.8 Å². The minimum atomic E-state index is -0.229. The maximum Gasteiger partial charge on any atom is 0.218 e. The number of amides is 1. The summed E-state index contributed by atoms with van der Waals surface area (Å²) in [6.45, 7) is 6.65. The fraction of sp³-hybridized carbons (Fsp3) is 0.500. The number of carbonyl (C=O) groups is 1. The lowest BCUT2D eigenvalue weighted by Crippen LogP contribution is -2.26. The summed E-state index contributed by atoms with van der Waals surface area (Å²) in [6.07, 6.45) is 2.52. The minimum absolute atomic E-state index is 0.229. The molecule has 6 heteroatoms. The molecule has 0 spiro atoms. The number of nitrogens with zero attached hydrogens (tertiary/aromatic N) is 3. The van der Waals surface area contributed by atoms with Crippen LogP contribution in [-0.4, -0.2) is 40.6 Å². The van der Waals surface area contributed by atoms with E-state index >= 15 is 0 Å². The molecule has 1 saturated heterocycles. The molecule has 128 valence electrons. The van der Waals surface area contributed by atoms with E-state index in [9.17, 15) is 4.79 Å². The molecule has 3 rings (SSSR count). The Kier molecular flexibility index (Phi) is 4.94. The highest BCUT2D eigenvalue weighted by atomic mass is 16.5. The number of aromatic nitrogens is 2. The second kappa shape index (κ2) is 7.13. The summed E-state index contributed by atoms with van der Waals surface area (Å²) in [7, 11) is 0. The lowest BCUT2D eigenvalue weighted by molar-refractivity contribution is -0.118. The Morgan fingerprint density at radius 3 is 2.96 bits per heavy atom.